The molecular formula is C20H19N3O2. The third kappa shape index (κ3) is 4.01. The second kappa shape index (κ2) is 7.13. The first kappa shape index (κ1) is 16.6. The van der Waals surface area contributed by atoms with E-state index in [0.29, 0.717) is 6.54 Å². The minimum absolute atomic E-state index is 0.204. The van der Waals surface area contributed by atoms with Crippen LogP contribution in [-0.2, 0) is 6.54 Å². The number of benzene rings is 2. The summed E-state index contributed by atoms with van der Waals surface area (Å²) in [6.07, 6.45) is 0. The van der Waals surface area contributed by atoms with E-state index in [4.69, 9.17) is 0 Å². The Morgan fingerprint density at radius 3 is 2.52 bits per heavy atom. The minimum atomic E-state index is -0.339. The highest BCUT2D eigenvalue weighted by molar-refractivity contribution is 6.03. The van der Waals surface area contributed by atoms with Crippen LogP contribution in [-0.4, -0.2) is 15.7 Å². The van der Waals surface area contributed by atoms with Crippen molar-refractivity contribution in [3.05, 3.63) is 93.4 Å². The molecule has 0 bridgehead atoms. The molecule has 0 saturated heterocycles. The molecule has 0 spiro atoms. The zero-order valence-electron chi connectivity index (χ0n) is 14.2. The molecule has 25 heavy (non-hydrogen) atoms. The Labute approximate surface area is 145 Å². The summed E-state index contributed by atoms with van der Waals surface area (Å²) in [5, 5.41) is 7.05. The second-order valence-corrected chi connectivity index (χ2v) is 5.97. The van der Waals surface area contributed by atoms with Crippen LogP contribution in [0, 0.1) is 13.8 Å². The van der Waals surface area contributed by atoms with E-state index in [9.17, 15) is 9.59 Å². The number of rotatable bonds is 4. The quantitative estimate of drug-likeness (QED) is 0.798. The van der Waals surface area contributed by atoms with Crippen molar-refractivity contribution in [2.24, 2.45) is 0 Å². The van der Waals surface area contributed by atoms with E-state index in [-0.39, 0.29) is 17.2 Å². The second-order valence-electron chi connectivity index (χ2n) is 5.97. The van der Waals surface area contributed by atoms with Gasteiger partial charge in [-0.25, -0.2) is 4.68 Å². The summed E-state index contributed by atoms with van der Waals surface area (Å²) in [4.78, 5) is 24.5. The molecule has 0 atom stereocenters. The first-order valence-electron chi connectivity index (χ1n) is 8.03. The highest BCUT2D eigenvalue weighted by Gasteiger charge is 2.11. The maximum atomic E-state index is 12.5. The number of aromatic nitrogens is 2. The van der Waals surface area contributed by atoms with Crippen LogP contribution in [0.3, 0.4) is 0 Å². The van der Waals surface area contributed by atoms with Crippen molar-refractivity contribution in [1.29, 1.82) is 0 Å². The Hall–Kier alpha value is -3.21. The maximum absolute atomic E-state index is 12.5. The predicted molar refractivity (Wildman–Crippen MR) is 97.9 cm³/mol. The molecule has 1 N–H and O–H groups in total. The molecule has 0 aliphatic carbocycles. The van der Waals surface area contributed by atoms with Gasteiger partial charge in [-0.1, -0.05) is 48.0 Å². The summed E-state index contributed by atoms with van der Waals surface area (Å²) >= 11 is 0. The largest absolute Gasteiger partial charge is 0.320 e. The summed E-state index contributed by atoms with van der Waals surface area (Å²) in [6.45, 7) is 4.26. The lowest BCUT2D eigenvalue weighted by Gasteiger charge is -2.10. The summed E-state index contributed by atoms with van der Waals surface area (Å²) < 4.78 is 1.30. The summed E-state index contributed by atoms with van der Waals surface area (Å²) in [6, 6.07) is 18.2. The average Bonchev–Trinajstić information content (AvgIpc) is 2.60. The van der Waals surface area contributed by atoms with Crippen molar-refractivity contribution in [2.45, 2.75) is 20.4 Å². The van der Waals surface area contributed by atoms with Crippen molar-refractivity contribution < 1.29 is 4.79 Å². The van der Waals surface area contributed by atoms with Gasteiger partial charge < -0.3 is 5.32 Å². The third-order valence-electron chi connectivity index (χ3n) is 3.90. The van der Waals surface area contributed by atoms with E-state index in [2.05, 4.69) is 10.4 Å². The molecular weight excluding hydrogens is 314 g/mol. The fourth-order valence-electron chi connectivity index (χ4n) is 2.58. The summed E-state index contributed by atoms with van der Waals surface area (Å²) in [7, 11) is 0. The Bertz CT molecular complexity index is 962. The van der Waals surface area contributed by atoms with E-state index in [1.54, 1.807) is 0 Å². The van der Waals surface area contributed by atoms with Gasteiger partial charge in [0, 0.05) is 11.8 Å². The highest BCUT2D eigenvalue weighted by Crippen LogP contribution is 2.16. The van der Waals surface area contributed by atoms with Crippen LogP contribution < -0.4 is 10.9 Å². The van der Waals surface area contributed by atoms with Gasteiger partial charge in [0.15, 0.2) is 0 Å². The van der Waals surface area contributed by atoms with Gasteiger partial charge in [0.1, 0.15) is 5.69 Å². The molecule has 0 aliphatic heterocycles. The molecule has 0 radical (unpaired) electrons. The average molecular weight is 333 g/mol. The zero-order valence-corrected chi connectivity index (χ0v) is 14.2. The van der Waals surface area contributed by atoms with Gasteiger partial charge in [0.2, 0.25) is 0 Å². The fourth-order valence-corrected chi connectivity index (χ4v) is 2.58. The molecule has 1 amide bonds. The van der Waals surface area contributed by atoms with Gasteiger partial charge in [-0.3, -0.25) is 9.59 Å². The summed E-state index contributed by atoms with van der Waals surface area (Å²) in [5.41, 5.74) is 3.75. The van der Waals surface area contributed by atoms with Gasteiger partial charge in [0.05, 0.1) is 6.54 Å². The van der Waals surface area contributed by atoms with Crippen LogP contribution in [0.2, 0.25) is 0 Å². The number of amides is 1. The van der Waals surface area contributed by atoms with E-state index >= 15 is 0 Å². The smallest absolute Gasteiger partial charge is 0.276 e. The molecule has 3 aromatic rings. The van der Waals surface area contributed by atoms with Crippen molar-refractivity contribution in [3.63, 3.8) is 0 Å². The van der Waals surface area contributed by atoms with Crippen molar-refractivity contribution >= 4 is 11.6 Å². The van der Waals surface area contributed by atoms with E-state index in [0.717, 1.165) is 22.4 Å². The van der Waals surface area contributed by atoms with E-state index in [1.165, 1.54) is 16.8 Å². The van der Waals surface area contributed by atoms with Crippen LogP contribution in [0.25, 0.3) is 0 Å². The number of hydrogen-bond donors (Lipinski definition) is 1. The van der Waals surface area contributed by atoms with Crippen LogP contribution in [0.15, 0.2) is 65.5 Å². The standard InChI is InChI=1S/C20H19N3O2/c1-14-8-9-17(15(2)12-14)21-20(25)18-10-11-19(24)23(22-18)13-16-6-4-3-5-7-16/h3-12H,13H2,1-2H3,(H,21,25). The normalized spacial score (nSPS) is 10.5. The van der Waals surface area contributed by atoms with Crippen LogP contribution in [0.1, 0.15) is 27.2 Å². The van der Waals surface area contributed by atoms with Crippen molar-refractivity contribution in [3.8, 4) is 0 Å². The third-order valence-corrected chi connectivity index (χ3v) is 3.90. The van der Waals surface area contributed by atoms with Gasteiger partial charge in [-0.15, -0.1) is 0 Å². The summed E-state index contributed by atoms with van der Waals surface area (Å²) in [5.74, 6) is -0.339. The molecule has 0 unspecified atom stereocenters. The molecule has 5 heteroatoms. The van der Waals surface area contributed by atoms with Gasteiger partial charge >= 0.3 is 0 Å². The molecule has 126 valence electrons. The number of nitrogens with zero attached hydrogens (tertiary/aromatic N) is 2. The first-order valence-corrected chi connectivity index (χ1v) is 8.03. The lowest BCUT2D eigenvalue weighted by molar-refractivity contribution is 0.102. The fraction of sp³-hybridized carbons (Fsp3) is 0.150. The highest BCUT2D eigenvalue weighted by atomic mass is 16.2. The molecule has 2 aromatic carbocycles. The van der Waals surface area contributed by atoms with Gasteiger partial charge in [-0.05, 0) is 37.1 Å². The molecule has 5 nitrogen and oxygen atoms in total. The first-order chi connectivity index (χ1) is 12.0. The molecule has 0 saturated carbocycles. The Morgan fingerprint density at radius 2 is 1.80 bits per heavy atom. The number of aryl methyl sites for hydroxylation is 2. The van der Waals surface area contributed by atoms with Crippen molar-refractivity contribution in [2.75, 3.05) is 5.32 Å². The minimum Gasteiger partial charge on any atom is -0.320 e. The van der Waals surface area contributed by atoms with Crippen molar-refractivity contribution in [1.82, 2.24) is 9.78 Å². The number of nitrogens with one attached hydrogen (secondary N) is 1. The molecule has 0 aliphatic rings. The SMILES string of the molecule is Cc1ccc(NC(=O)c2ccc(=O)n(Cc3ccccc3)n2)c(C)c1. The van der Waals surface area contributed by atoms with Crippen LogP contribution >= 0.6 is 0 Å². The predicted octanol–water partition coefficient (Wildman–Crippen LogP) is 3.16. The monoisotopic (exact) mass is 333 g/mol. The number of hydrogen-bond acceptors (Lipinski definition) is 3. The topological polar surface area (TPSA) is 64.0 Å². The number of carbonyl (C=O) groups is 1. The van der Waals surface area contributed by atoms with Crippen LogP contribution in [0.5, 0.6) is 0 Å². The lowest BCUT2D eigenvalue weighted by atomic mass is 10.1. The molecule has 3 rings (SSSR count). The Kier molecular flexibility index (Phi) is 4.75. The van der Waals surface area contributed by atoms with Gasteiger partial charge in [0.25, 0.3) is 11.5 Å². The Balaban J connectivity index is 1.83. The Morgan fingerprint density at radius 1 is 1.04 bits per heavy atom. The van der Waals surface area contributed by atoms with Crippen LogP contribution in [0.4, 0.5) is 5.69 Å². The molecule has 1 aromatic heterocycles. The molecule has 1 heterocycles. The van der Waals surface area contributed by atoms with E-state index < -0.39 is 0 Å². The maximum Gasteiger partial charge on any atom is 0.276 e. The van der Waals surface area contributed by atoms with Gasteiger partial charge in [-0.2, -0.15) is 5.10 Å². The number of carbonyl (C=O) groups excluding carboxylic acids is 1. The number of anilines is 1. The van der Waals surface area contributed by atoms with E-state index in [1.807, 2.05) is 62.4 Å². The molecule has 0 fully saturated rings. The zero-order chi connectivity index (χ0) is 17.8. The lowest BCUT2D eigenvalue weighted by Crippen LogP contribution is -2.26.